The lowest BCUT2D eigenvalue weighted by atomic mass is 10.2. The Morgan fingerprint density at radius 1 is 1.36 bits per heavy atom. The average Bonchev–Trinajstić information content (AvgIpc) is 3.30. The second kappa shape index (κ2) is 10.9. The number of aryl methyl sites for hydroxylation is 1. The minimum absolute atomic E-state index is 0. The third kappa shape index (κ3) is 5.76. The molecule has 154 valence electrons. The molecule has 0 amide bonds. The lowest BCUT2D eigenvalue weighted by Gasteiger charge is -2.21. The molecule has 1 aromatic carbocycles. The van der Waals surface area contributed by atoms with Crippen LogP contribution < -0.4 is 15.5 Å². The summed E-state index contributed by atoms with van der Waals surface area (Å²) in [6.45, 7) is 3.96. The molecule has 5 nitrogen and oxygen atoms in total. The SMILES string of the molecule is CCc1nc(CCNC(=NC)NC2CCN(c3c(F)cccc3F)C2)cs1.I. The van der Waals surface area contributed by atoms with Gasteiger partial charge in [-0.05, 0) is 25.0 Å². The van der Waals surface area contributed by atoms with Crippen LogP contribution >= 0.6 is 35.3 Å². The third-order valence-corrected chi connectivity index (χ3v) is 5.62. The second-order valence-electron chi connectivity index (χ2n) is 6.48. The van der Waals surface area contributed by atoms with Gasteiger partial charge in [0.15, 0.2) is 5.96 Å². The van der Waals surface area contributed by atoms with Gasteiger partial charge in [0.2, 0.25) is 0 Å². The number of aromatic nitrogens is 1. The molecule has 1 atom stereocenters. The number of rotatable bonds is 6. The van der Waals surface area contributed by atoms with E-state index in [1.54, 1.807) is 23.3 Å². The molecule has 3 rings (SSSR count). The van der Waals surface area contributed by atoms with E-state index in [4.69, 9.17) is 0 Å². The summed E-state index contributed by atoms with van der Waals surface area (Å²) < 4.78 is 27.9. The molecule has 2 N–H and O–H groups in total. The molecule has 28 heavy (non-hydrogen) atoms. The largest absolute Gasteiger partial charge is 0.365 e. The summed E-state index contributed by atoms with van der Waals surface area (Å²) in [6.07, 6.45) is 2.58. The minimum atomic E-state index is -0.520. The second-order valence-corrected chi connectivity index (χ2v) is 7.42. The number of thiazole rings is 1. The molecule has 9 heteroatoms. The number of para-hydroxylation sites is 1. The van der Waals surface area contributed by atoms with Gasteiger partial charge in [-0.3, -0.25) is 4.99 Å². The Hall–Kier alpha value is -1.49. The molecule has 1 aliphatic rings. The van der Waals surface area contributed by atoms with Crippen LogP contribution in [0.25, 0.3) is 0 Å². The minimum Gasteiger partial charge on any atom is -0.365 e. The molecule has 1 unspecified atom stereocenters. The van der Waals surface area contributed by atoms with E-state index in [1.807, 2.05) is 0 Å². The van der Waals surface area contributed by atoms with Gasteiger partial charge in [0.25, 0.3) is 0 Å². The average molecular weight is 521 g/mol. The Bertz CT molecular complexity index is 778. The number of nitrogens with zero attached hydrogens (tertiary/aromatic N) is 3. The summed E-state index contributed by atoms with van der Waals surface area (Å²) in [7, 11) is 1.72. The van der Waals surface area contributed by atoms with Crippen molar-refractivity contribution in [2.75, 3.05) is 31.6 Å². The zero-order valence-electron chi connectivity index (χ0n) is 16.0. The summed E-state index contributed by atoms with van der Waals surface area (Å²) in [5.74, 6) is -0.345. The first-order chi connectivity index (χ1) is 13.1. The molecule has 1 aromatic heterocycles. The van der Waals surface area contributed by atoms with Crippen molar-refractivity contribution in [2.45, 2.75) is 32.2 Å². The maximum atomic E-state index is 14.0. The highest BCUT2D eigenvalue weighted by Crippen LogP contribution is 2.26. The molecule has 0 aliphatic carbocycles. The number of aliphatic imine (C=N–C) groups is 1. The molecule has 2 aromatic rings. The van der Waals surface area contributed by atoms with Crippen LogP contribution in [0.4, 0.5) is 14.5 Å². The lowest BCUT2D eigenvalue weighted by Crippen LogP contribution is -2.45. The van der Waals surface area contributed by atoms with E-state index in [0.29, 0.717) is 19.0 Å². The monoisotopic (exact) mass is 521 g/mol. The number of anilines is 1. The maximum Gasteiger partial charge on any atom is 0.191 e. The van der Waals surface area contributed by atoms with Gasteiger partial charge in [-0.15, -0.1) is 35.3 Å². The van der Waals surface area contributed by atoms with E-state index >= 15 is 0 Å². The van der Waals surface area contributed by atoms with Gasteiger partial charge in [0.1, 0.15) is 17.3 Å². The van der Waals surface area contributed by atoms with E-state index in [2.05, 4.69) is 32.9 Å². The topological polar surface area (TPSA) is 52.6 Å². The fourth-order valence-corrected chi connectivity index (χ4v) is 3.97. The van der Waals surface area contributed by atoms with Crippen LogP contribution in [0.2, 0.25) is 0 Å². The Morgan fingerprint density at radius 2 is 2.11 bits per heavy atom. The molecule has 0 bridgehead atoms. The summed E-state index contributed by atoms with van der Waals surface area (Å²) >= 11 is 1.69. The standard InChI is InChI=1S/C19H25F2N5S.HI/c1-3-17-24-14(12-27-17)7-9-23-19(22-2)25-13-8-10-26(11-13)18-15(20)5-4-6-16(18)21;/h4-6,12-13H,3,7-11H2,1-2H3,(H2,22,23,25);1H. The molecule has 0 radical (unpaired) electrons. The fraction of sp³-hybridized carbons (Fsp3) is 0.474. The molecule has 1 fully saturated rings. The van der Waals surface area contributed by atoms with Crippen molar-refractivity contribution in [1.82, 2.24) is 15.6 Å². The number of hydrogen-bond acceptors (Lipinski definition) is 4. The number of benzene rings is 1. The first-order valence-corrected chi connectivity index (χ1v) is 10.1. The molecular weight excluding hydrogens is 495 g/mol. The van der Waals surface area contributed by atoms with E-state index in [1.165, 1.54) is 18.2 Å². The summed E-state index contributed by atoms with van der Waals surface area (Å²) in [6, 6.07) is 4.06. The van der Waals surface area contributed by atoms with Crippen LogP contribution in [-0.2, 0) is 12.8 Å². The molecule has 1 aliphatic heterocycles. The van der Waals surface area contributed by atoms with Crippen LogP contribution in [0.3, 0.4) is 0 Å². The zero-order valence-corrected chi connectivity index (χ0v) is 19.2. The number of guanidine groups is 1. The lowest BCUT2D eigenvalue weighted by molar-refractivity contribution is 0.576. The van der Waals surface area contributed by atoms with Crippen molar-refractivity contribution in [3.8, 4) is 0 Å². The Morgan fingerprint density at radius 3 is 2.75 bits per heavy atom. The van der Waals surface area contributed by atoms with E-state index in [0.717, 1.165) is 36.5 Å². The predicted molar refractivity (Wildman–Crippen MR) is 122 cm³/mol. The van der Waals surface area contributed by atoms with Crippen molar-refractivity contribution in [1.29, 1.82) is 0 Å². The van der Waals surface area contributed by atoms with Gasteiger partial charge in [0, 0.05) is 44.5 Å². The Kier molecular flexibility index (Phi) is 8.87. The Balaban J connectivity index is 0.00000280. The fourth-order valence-electron chi connectivity index (χ4n) is 3.20. The van der Waals surface area contributed by atoms with Gasteiger partial charge in [-0.25, -0.2) is 13.8 Å². The van der Waals surface area contributed by atoms with Crippen molar-refractivity contribution in [3.05, 3.63) is 45.9 Å². The zero-order chi connectivity index (χ0) is 19.2. The van der Waals surface area contributed by atoms with Gasteiger partial charge in [-0.1, -0.05) is 13.0 Å². The van der Waals surface area contributed by atoms with Gasteiger partial charge >= 0.3 is 0 Å². The third-order valence-electron chi connectivity index (χ3n) is 4.58. The summed E-state index contributed by atoms with van der Waals surface area (Å²) in [5.41, 5.74) is 1.14. The van der Waals surface area contributed by atoms with E-state index in [-0.39, 0.29) is 35.7 Å². The van der Waals surface area contributed by atoms with Crippen molar-refractivity contribution in [2.24, 2.45) is 4.99 Å². The number of hydrogen-bond donors (Lipinski definition) is 2. The van der Waals surface area contributed by atoms with E-state index in [9.17, 15) is 8.78 Å². The van der Waals surface area contributed by atoms with Crippen molar-refractivity contribution in [3.63, 3.8) is 0 Å². The quantitative estimate of drug-likeness (QED) is 0.347. The normalized spacial score (nSPS) is 16.8. The van der Waals surface area contributed by atoms with Crippen molar-refractivity contribution < 1.29 is 8.78 Å². The van der Waals surface area contributed by atoms with Gasteiger partial charge in [0.05, 0.1) is 10.7 Å². The van der Waals surface area contributed by atoms with E-state index < -0.39 is 11.6 Å². The first-order valence-electron chi connectivity index (χ1n) is 9.20. The van der Waals surface area contributed by atoms with Gasteiger partial charge < -0.3 is 15.5 Å². The molecule has 2 heterocycles. The predicted octanol–water partition coefficient (Wildman–Crippen LogP) is 3.59. The van der Waals surface area contributed by atoms with Crippen LogP contribution in [0.15, 0.2) is 28.6 Å². The summed E-state index contributed by atoms with van der Waals surface area (Å²) in [4.78, 5) is 10.5. The van der Waals surface area contributed by atoms with Crippen LogP contribution in [0, 0.1) is 11.6 Å². The van der Waals surface area contributed by atoms with Gasteiger partial charge in [-0.2, -0.15) is 0 Å². The highest BCUT2D eigenvalue weighted by molar-refractivity contribution is 14.0. The molecule has 1 saturated heterocycles. The number of nitrogens with one attached hydrogen (secondary N) is 2. The molecule has 0 spiro atoms. The van der Waals surface area contributed by atoms with Crippen LogP contribution in [-0.4, -0.2) is 43.7 Å². The van der Waals surface area contributed by atoms with Crippen LogP contribution in [0.5, 0.6) is 0 Å². The number of halogens is 3. The Labute approximate surface area is 185 Å². The highest BCUT2D eigenvalue weighted by Gasteiger charge is 2.27. The molecular formula is C19H26F2IN5S. The smallest absolute Gasteiger partial charge is 0.191 e. The first kappa shape index (κ1) is 22.8. The maximum absolute atomic E-state index is 14.0. The summed E-state index contributed by atoms with van der Waals surface area (Å²) in [5, 5.41) is 9.87. The van der Waals surface area contributed by atoms with Crippen molar-refractivity contribution >= 4 is 47.0 Å². The highest BCUT2D eigenvalue weighted by atomic mass is 127. The molecule has 0 saturated carbocycles. The van der Waals surface area contributed by atoms with Crippen LogP contribution in [0.1, 0.15) is 24.0 Å².